The highest BCUT2D eigenvalue weighted by Gasteiger charge is 1.98. The third kappa shape index (κ3) is 2.76. The van der Waals surface area contributed by atoms with Gasteiger partial charge in [0, 0.05) is 17.4 Å². The fourth-order valence-electron chi connectivity index (χ4n) is 1.46. The number of aryl methyl sites for hydroxylation is 1. The Bertz CT molecular complexity index is 468. The van der Waals surface area contributed by atoms with Crippen LogP contribution < -0.4 is 4.74 Å². The first kappa shape index (κ1) is 11.0. The zero-order valence-corrected chi connectivity index (χ0v) is 9.81. The van der Waals surface area contributed by atoms with Gasteiger partial charge in [0.1, 0.15) is 18.2 Å². The summed E-state index contributed by atoms with van der Waals surface area (Å²) in [6.07, 6.45) is 3.73. The molecule has 3 nitrogen and oxygen atoms in total. The Hall–Kier alpha value is -1.48. The van der Waals surface area contributed by atoms with E-state index in [1.807, 2.05) is 42.0 Å². The molecule has 0 amide bonds. The van der Waals surface area contributed by atoms with Gasteiger partial charge in [0.05, 0.1) is 6.54 Å². The number of halogens is 1. The maximum absolute atomic E-state index is 5.85. The molecule has 0 aliphatic carbocycles. The van der Waals surface area contributed by atoms with Gasteiger partial charge < -0.3 is 9.30 Å². The van der Waals surface area contributed by atoms with E-state index in [0.717, 1.165) is 18.1 Å². The number of rotatable bonds is 4. The topological polar surface area (TPSA) is 27.1 Å². The van der Waals surface area contributed by atoms with E-state index in [-0.39, 0.29) is 0 Å². The molecule has 0 unspecified atom stereocenters. The number of benzene rings is 1. The lowest BCUT2D eigenvalue weighted by Crippen LogP contribution is -2.08. The second-order valence-electron chi connectivity index (χ2n) is 3.47. The standard InChI is InChI=1S/C12H13ClN2O/c1-10-14-5-6-15(10)7-8-16-12-4-2-3-11(13)9-12/h2-6,9H,7-8H2,1H3. The molecule has 1 heterocycles. The van der Waals surface area contributed by atoms with Crippen LogP contribution in [0.2, 0.25) is 5.02 Å². The predicted molar refractivity (Wildman–Crippen MR) is 63.9 cm³/mol. The summed E-state index contributed by atoms with van der Waals surface area (Å²) >= 11 is 5.85. The lowest BCUT2D eigenvalue weighted by Gasteiger charge is -2.08. The van der Waals surface area contributed by atoms with E-state index in [4.69, 9.17) is 16.3 Å². The zero-order chi connectivity index (χ0) is 11.4. The lowest BCUT2D eigenvalue weighted by atomic mass is 10.3. The number of hydrogen-bond donors (Lipinski definition) is 0. The Kier molecular flexibility index (Phi) is 3.47. The molecule has 2 rings (SSSR count). The summed E-state index contributed by atoms with van der Waals surface area (Å²) in [6, 6.07) is 7.41. The second kappa shape index (κ2) is 5.03. The van der Waals surface area contributed by atoms with Crippen molar-refractivity contribution in [3.63, 3.8) is 0 Å². The summed E-state index contributed by atoms with van der Waals surface area (Å²) in [7, 11) is 0. The molecule has 0 saturated heterocycles. The maximum atomic E-state index is 5.85. The van der Waals surface area contributed by atoms with Crippen molar-refractivity contribution < 1.29 is 4.74 Å². The summed E-state index contributed by atoms with van der Waals surface area (Å²) in [6.45, 7) is 3.37. The number of ether oxygens (including phenoxy) is 1. The van der Waals surface area contributed by atoms with E-state index in [2.05, 4.69) is 4.98 Å². The SMILES string of the molecule is Cc1nccn1CCOc1cccc(Cl)c1. The minimum Gasteiger partial charge on any atom is -0.492 e. The van der Waals surface area contributed by atoms with Crippen molar-refractivity contribution in [3.8, 4) is 5.75 Å². The third-order valence-corrected chi connectivity index (χ3v) is 2.56. The molecule has 0 spiro atoms. The van der Waals surface area contributed by atoms with Gasteiger partial charge in [-0.15, -0.1) is 0 Å². The maximum Gasteiger partial charge on any atom is 0.120 e. The van der Waals surface area contributed by atoms with Crippen molar-refractivity contribution in [3.05, 3.63) is 47.5 Å². The Morgan fingerprint density at radius 1 is 1.44 bits per heavy atom. The van der Waals surface area contributed by atoms with Crippen molar-refractivity contribution in [2.75, 3.05) is 6.61 Å². The van der Waals surface area contributed by atoms with Gasteiger partial charge in [-0.2, -0.15) is 0 Å². The quantitative estimate of drug-likeness (QED) is 0.816. The van der Waals surface area contributed by atoms with Gasteiger partial charge in [-0.25, -0.2) is 4.98 Å². The lowest BCUT2D eigenvalue weighted by molar-refractivity contribution is 0.297. The molecule has 0 radical (unpaired) electrons. The molecular weight excluding hydrogens is 224 g/mol. The van der Waals surface area contributed by atoms with Crippen LogP contribution in [0.4, 0.5) is 0 Å². The summed E-state index contributed by atoms with van der Waals surface area (Å²) < 4.78 is 7.63. The number of imidazole rings is 1. The molecule has 0 fully saturated rings. The molecule has 0 aliphatic heterocycles. The second-order valence-corrected chi connectivity index (χ2v) is 3.91. The highest BCUT2D eigenvalue weighted by atomic mass is 35.5. The van der Waals surface area contributed by atoms with Crippen LogP contribution in [0.1, 0.15) is 5.82 Å². The molecule has 0 atom stereocenters. The summed E-state index contributed by atoms with van der Waals surface area (Å²) in [5.41, 5.74) is 0. The molecule has 1 aromatic heterocycles. The van der Waals surface area contributed by atoms with Crippen molar-refractivity contribution in [2.45, 2.75) is 13.5 Å². The van der Waals surface area contributed by atoms with E-state index >= 15 is 0 Å². The first-order chi connectivity index (χ1) is 7.75. The first-order valence-corrected chi connectivity index (χ1v) is 5.49. The van der Waals surface area contributed by atoms with Crippen LogP contribution in [-0.2, 0) is 6.54 Å². The van der Waals surface area contributed by atoms with Gasteiger partial charge in [-0.05, 0) is 25.1 Å². The van der Waals surface area contributed by atoms with Gasteiger partial charge in [0.2, 0.25) is 0 Å². The van der Waals surface area contributed by atoms with E-state index < -0.39 is 0 Å². The number of nitrogens with zero attached hydrogens (tertiary/aromatic N) is 2. The predicted octanol–water partition coefficient (Wildman–Crippen LogP) is 2.92. The monoisotopic (exact) mass is 236 g/mol. The molecule has 4 heteroatoms. The fourth-order valence-corrected chi connectivity index (χ4v) is 1.64. The molecule has 16 heavy (non-hydrogen) atoms. The van der Waals surface area contributed by atoms with Gasteiger partial charge >= 0.3 is 0 Å². The third-order valence-electron chi connectivity index (χ3n) is 2.32. The van der Waals surface area contributed by atoms with Crippen molar-refractivity contribution in [2.24, 2.45) is 0 Å². The van der Waals surface area contributed by atoms with E-state index in [1.54, 1.807) is 6.20 Å². The molecular formula is C12H13ClN2O. The Morgan fingerprint density at radius 2 is 2.31 bits per heavy atom. The van der Waals surface area contributed by atoms with Gasteiger partial charge in [-0.1, -0.05) is 17.7 Å². The van der Waals surface area contributed by atoms with Gasteiger partial charge in [0.25, 0.3) is 0 Å². The van der Waals surface area contributed by atoms with Crippen molar-refractivity contribution >= 4 is 11.6 Å². The van der Waals surface area contributed by atoms with Crippen LogP contribution in [0.5, 0.6) is 5.75 Å². The highest BCUT2D eigenvalue weighted by molar-refractivity contribution is 6.30. The number of hydrogen-bond acceptors (Lipinski definition) is 2. The van der Waals surface area contributed by atoms with E-state index in [9.17, 15) is 0 Å². The molecule has 84 valence electrons. The molecule has 0 aliphatic rings. The van der Waals surface area contributed by atoms with Crippen LogP contribution in [0.3, 0.4) is 0 Å². The normalized spacial score (nSPS) is 10.4. The molecule has 0 N–H and O–H groups in total. The van der Waals surface area contributed by atoms with Gasteiger partial charge in [0.15, 0.2) is 0 Å². The largest absolute Gasteiger partial charge is 0.492 e. The first-order valence-electron chi connectivity index (χ1n) is 5.12. The molecule has 0 bridgehead atoms. The Balaban J connectivity index is 1.87. The summed E-state index contributed by atoms with van der Waals surface area (Å²) in [5, 5.41) is 0.691. The minimum atomic E-state index is 0.609. The van der Waals surface area contributed by atoms with E-state index in [1.165, 1.54) is 0 Å². The van der Waals surface area contributed by atoms with Crippen LogP contribution in [0, 0.1) is 6.92 Å². The fraction of sp³-hybridized carbons (Fsp3) is 0.250. The zero-order valence-electron chi connectivity index (χ0n) is 9.06. The van der Waals surface area contributed by atoms with Crippen LogP contribution in [-0.4, -0.2) is 16.2 Å². The van der Waals surface area contributed by atoms with Crippen LogP contribution >= 0.6 is 11.6 Å². The number of aromatic nitrogens is 2. The minimum absolute atomic E-state index is 0.609. The summed E-state index contributed by atoms with van der Waals surface area (Å²) in [4.78, 5) is 4.14. The summed E-state index contributed by atoms with van der Waals surface area (Å²) in [5.74, 6) is 1.79. The molecule has 0 saturated carbocycles. The Labute approximate surface area is 99.6 Å². The molecule has 1 aromatic carbocycles. The average Bonchev–Trinajstić information content (AvgIpc) is 2.65. The van der Waals surface area contributed by atoms with Crippen molar-refractivity contribution in [1.29, 1.82) is 0 Å². The van der Waals surface area contributed by atoms with Crippen LogP contribution in [0.15, 0.2) is 36.7 Å². The van der Waals surface area contributed by atoms with Crippen LogP contribution in [0.25, 0.3) is 0 Å². The highest BCUT2D eigenvalue weighted by Crippen LogP contribution is 2.16. The Morgan fingerprint density at radius 3 is 3.00 bits per heavy atom. The average molecular weight is 237 g/mol. The van der Waals surface area contributed by atoms with Crippen molar-refractivity contribution in [1.82, 2.24) is 9.55 Å². The van der Waals surface area contributed by atoms with E-state index in [0.29, 0.717) is 11.6 Å². The molecule has 2 aromatic rings. The van der Waals surface area contributed by atoms with Gasteiger partial charge in [-0.3, -0.25) is 0 Å². The smallest absolute Gasteiger partial charge is 0.120 e.